The van der Waals surface area contributed by atoms with Gasteiger partial charge in [-0.25, -0.2) is 0 Å². The Morgan fingerprint density at radius 3 is 2.86 bits per heavy atom. The van der Waals surface area contributed by atoms with Crippen LogP contribution in [0.2, 0.25) is 0 Å². The molecule has 1 unspecified atom stereocenters. The number of hydrogen-bond acceptors (Lipinski definition) is 3. The first-order valence-corrected chi connectivity index (χ1v) is 6.22. The van der Waals surface area contributed by atoms with Crippen molar-refractivity contribution in [3.8, 4) is 0 Å². The summed E-state index contributed by atoms with van der Waals surface area (Å²) >= 11 is 1.57. The summed E-state index contributed by atoms with van der Waals surface area (Å²) in [6.45, 7) is 2.03. The van der Waals surface area contributed by atoms with E-state index in [4.69, 9.17) is 5.73 Å². The fourth-order valence-corrected chi connectivity index (χ4v) is 3.04. The van der Waals surface area contributed by atoms with E-state index in [1.54, 1.807) is 11.5 Å². The Hall–Kier alpha value is -0.410. The summed E-state index contributed by atoms with van der Waals surface area (Å²) in [5, 5.41) is 0. The first kappa shape index (κ1) is 10.1. The molecule has 1 atom stereocenters. The summed E-state index contributed by atoms with van der Waals surface area (Å²) in [6, 6.07) is 2.36. The first-order valence-electron chi connectivity index (χ1n) is 5.44. The van der Waals surface area contributed by atoms with Crippen molar-refractivity contribution in [1.82, 2.24) is 4.37 Å². The van der Waals surface area contributed by atoms with E-state index in [0.717, 1.165) is 18.0 Å². The first-order chi connectivity index (χ1) is 6.75. The number of aryl methyl sites for hydroxylation is 1. The van der Waals surface area contributed by atoms with Gasteiger partial charge >= 0.3 is 0 Å². The molecule has 2 nitrogen and oxygen atoms in total. The van der Waals surface area contributed by atoms with Crippen molar-refractivity contribution in [1.29, 1.82) is 0 Å². The van der Waals surface area contributed by atoms with Crippen LogP contribution in [0.25, 0.3) is 0 Å². The standard InChI is InChI=1S/C11H18N2S/c1-8-6-11(14-13-8)10(12)7-9-4-2-3-5-9/h6,9-10H,2-5,7,12H2,1H3. The van der Waals surface area contributed by atoms with Crippen LogP contribution in [0.1, 0.15) is 48.7 Å². The van der Waals surface area contributed by atoms with Crippen LogP contribution >= 0.6 is 11.5 Å². The molecular weight excluding hydrogens is 192 g/mol. The SMILES string of the molecule is Cc1cc(C(N)CC2CCCC2)sn1. The molecule has 0 bridgehead atoms. The summed E-state index contributed by atoms with van der Waals surface area (Å²) in [7, 11) is 0. The monoisotopic (exact) mass is 210 g/mol. The molecule has 0 radical (unpaired) electrons. The van der Waals surface area contributed by atoms with E-state index < -0.39 is 0 Å². The summed E-state index contributed by atoms with van der Waals surface area (Å²) in [6.07, 6.45) is 6.72. The Balaban J connectivity index is 1.91. The lowest BCUT2D eigenvalue weighted by molar-refractivity contribution is 0.454. The maximum absolute atomic E-state index is 6.16. The molecule has 0 aliphatic heterocycles. The van der Waals surface area contributed by atoms with Crippen molar-refractivity contribution in [3.63, 3.8) is 0 Å². The van der Waals surface area contributed by atoms with Gasteiger partial charge in [0.05, 0.1) is 5.69 Å². The zero-order valence-corrected chi connectivity index (χ0v) is 9.52. The molecule has 1 saturated carbocycles. The molecule has 0 amide bonds. The minimum atomic E-state index is 0.226. The van der Waals surface area contributed by atoms with Crippen molar-refractivity contribution in [3.05, 3.63) is 16.6 Å². The fourth-order valence-electron chi connectivity index (χ4n) is 2.28. The Morgan fingerprint density at radius 1 is 1.57 bits per heavy atom. The quantitative estimate of drug-likeness (QED) is 0.833. The van der Waals surface area contributed by atoms with Gasteiger partial charge in [0.1, 0.15) is 0 Å². The van der Waals surface area contributed by atoms with Crippen LogP contribution in [0.4, 0.5) is 0 Å². The van der Waals surface area contributed by atoms with Gasteiger partial charge < -0.3 is 5.73 Å². The van der Waals surface area contributed by atoms with Crippen LogP contribution < -0.4 is 5.73 Å². The molecule has 2 rings (SSSR count). The normalized spacial score (nSPS) is 20.1. The molecule has 1 aliphatic carbocycles. The second-order valence-corrected chi connectivity index (χ2v) is 5.20. The highest BCUT2D eigenvalue weighted by atomic mass is 32.1. The lowest BCUT2D eigenvalue weighted by atomic mass is 9.98. The summed E-state index contributed by atoms with van der Waals surface area (Å²) < 4.78 is 4.27. The van der Waals surface area contributed by atoms with Gasteiger partial charge in [0, 0.05) is 10.9 Å². The molecule has 1 fully saturated rings. The maximum atomic E-state index is 6.16. The van der Waals surface area contributed by atoms with Crippen molar-refractivity contribution in [2.45, 2.75) is 45.1 Å². The number of hydrogen-bond donors (Lipinski definition) is 1. The number of nitrogens with two attached hydrogens (primary N) is 1. The minimum Gasteiger partial charge on any atom is -0.323 e. The van der Waals surface area contributed by atoms with E-state index in [0.29, 0.717) is 0 Å². The highest BCUT2D eigenvalue weighted by Gasteiger charge is 2.19. The molecule has 0 saturated heterocycles. The molecule has 1 aliphatic rings. The molecule has 3 heteroatoms. The number of rotatable bonds is 3. The van der Waals surface area contributed by atoms with E-state index in [9.17, 15) is 0 Å². The number of aromatic nitrogens is 1. The van der Waals surface area contributed by atoms with Gasteiger partial charge in [0.2, 0.25) is 0 Å². The fraction of sp³-hybridized carbons (Fsp3) is 0.727. The van der Waals surface area contributed by atoms with Crippen LogP contribution in [0.15, 0.2) is 6.07 Å². The second-order valence-electron chi connectivity index (χ2n) is 4.36. The van der Waals surface area contributed by atoms with Gasteiger partial charge in [-0.1, -0.05) is 25.7 Å². The topological polar surface area (TPSA) is 38.9 Å². The minimum absolute atomic E-state index is 0.226. The average molecular weight is 210 g/mol. The lowest BCUT2D eigenvalue weighted by Crippen LogP contribution is -2.12. The largest absolute Gasteiger partial charge is 0.323 e. The Labute approximate surface area is 89.7 Å². The zero-order chi connectivity index (χ0) is 9.97. The van der Waals surface area contributed by atoms with Gasteiger partial charge in [0.25, 0.3) is 0 Å². The van der Waals surface area contributed by atoms with Crippen molar-refractivity contribution in [2.75, 3.05) is 0 Å². The van der Waals surface area contributed by atoms with Gasteiger partial charge in [-0.05, 0) is 36.9 Å². The van der Waals surface area contributed by atoms with Crippen LogP contribution in [-0.2, 0) is 0 Å². The summed E-state index contributed by atoms with van der Waals surface area (Å²) in [4.78, 5) is 1.26. The number of nitrogens with zero attached hydrogens (tertiary/aromatic N) is 1. The zero-order valence-electron chi connectivity index (χ0n) is 8.70. The lowest BCUT2D eigenvalue weighted by Gasteiger charge is -2.13. The Kier molecular flexibility index (Phi) is 3.19. The van der Waals surface area contributed by atoms with Gasteiger partial charge in [0.15, 0.2) is 0 Å². The van der Waals surface area contributed by atoms with E-state index in [1.807, 2.05) is 6.92 Å². The molecule has 0 spiro atoms. The van der Waals surface area contributed by atoms with Gasteiger partial charge in [-0.15, -0.1) is 0 Å². The van der Waals surface area contributed by atoms with Gasteiger partial charge in [-0.2, -0.15) is 4.37 Å². The van der Waals surface area contributed by atoms with Crippen LogP contribution in [0.5, 0.6) is 0 Å². The molecule has 2 N–H and O–H groups in total. The third-order valence-corrected chi connectivity index (χ3v) is 4.08. The highest BCUT2D eigenvalue weighted by molar-refractivity contribution is 7.05. The summed E-state index contributed by atoms with van der Waals surface area (Å²) in [5.74, 6) is 0.868. The molecule has 1 aromatic heterocycles. The molecule has 1 heterocycles. The predicted octanol–water partition coefficient (Wildman–Crippen LogP) is 3.03. The molecule has 14 heavy (non-hydrogen) atoms. The van der Waals surface area contributed by atoms with Crippen LogP contribution in [0.3, 0.4) is 0 Å². The second kappa shape index (κ2) is 4.41. The Bertz CT molecular complexity index is 289. The molecule has 1 aromatic rings. The Morgan fingerprint density at radius 2 is 2.29 bits per heavy atom. The average Bonchev–Trinajstić information content (AvgIpc) is 2.75. The third kappa shape index (κ3) is 2.34. The molecule has 78 valence electrons. The summed E-state index contributed by atoms with van der Waals surface area (Å²) in [5.41, 5.74) is 7.26. The predicted molar refractivity (Wildman–Crippen MR) is 60.4 cm³/mol. The third-order valence-electron chi connectivity index (χ3n) is 3.07. The molecular formula is C11H18N2S. The van der Waals surface area contributed by atoms with Gasteiger partial charge in [-0.3, -0.25) is 0 Å². The van der Waals surface area contributed by atoms with Crippen LogP contribution in [-0.4, -0.2) is 4.37 Å². The van der Waals surface area contributed by atoms with Crippen molar-refractivity contribution >= 4 is 11.5 Å². The van der Waals surface area contributed by atoms with E-state index in [1.165, 1.54) is 30.6 Å². The smallest absolute Gasteiger partial charge is 0.0514 e. The van der Waals surface area contributed by atoms with E-state index in [2.05, 4.69) is 10.4 Å². The van der Waals surface area contributed by atoms with E-state index in [-0.39, 0.29) is 6.04 Å². The van der Waals surface area contributed by atoms with Crippen molar-refractivity contribution in [2.24, 2.45) is 11.7 Å². The highest BCUT2D eigenvalue weighted by Crippen LogP contribution is 2.32. The van der Waals surface area contributed by atoms with E-state index >= 15 is 0 Å². The maximum Gasteiger partial charge on any atom is 0.0514 e. The van der Waals surface area contributed by atoms with Crippen LogP contribution in [0, 0.1) is 12.8 Å². The molecule has 0 aromatic carbocycles. The van der Waals surface area contributed by atoms with Crippen molar-refractivity contribution < 1.29 is 0 Å².